The number of halogens is 1. The van der Waals surface area contributed by atoms with Gasteiger partial charge in [-0.15, -0.1) is 0 Å². The van der Waals surface area contributed by atoms with Gasteiger partial charge in [0.25, 0.3) is 0 Å². The minimum absolute atomic E-state index is 0.669. The largest absolute Gasteiger partial charge is 0.493 e. The maximum Gasteiger partial charge on any atom is 0.165 e. The fourth-order valence-electron chi connectivity index (χ4n) is 2.85. The third-order valence-corrected chi connectivity index (χ3v) is 4.09. The molecule has 0 unspecified atom stereocenters. The third kappa shape index (κ3) is 4.50. The highest BCUT2D eigenvalue weighted by Gasteiger charge is 2.18. The molecule has 1 heterocycles. The molecule has 0 N–H and O–H groups in total. The molecule has 5 heteroatoms. The van der Waals surface area contributed by atoms with Gasteiger partial charge < -0.3 is 19.1 Å². The van der Waals surface area contributed by atoms with Crippen molar-refractivity contribution in [1.29, 1.82) is 0 Å². The fraction of sp³-hybridized carbons (Fsp3) is 0.625. The molecule has 1 aromatic carbocycles. The van der Waals surface area contributed by atoms with Gasteiger partial charge in [0.2, 0.25) is 0 Å². The van der Waals surface area contributed by atoms with Crippen molar-refractivity contribution < 1.29 is 14.2 Å². The van der Waals surface area contributed by atoms with Crippen LogP contribution < -0.4 is 9.47 Å². The molecule has 118 valence electrons. The van der Waals surface area contributed by atoms with Gasteiger partial charge in [0.05, 0.1) is 14.2 Å². The zero-order chi connectivity index (χ0) is 15.2. The van der Waals surface area contributed by atoms with Crippen LogP contribution in [0.5, 0.6) is 11.5 Å². The first-order valence-electron chi connectivity index (χ1n) is 7.30. The van der Waals surface area contributed by atoms with E-state index < -0.39 is 0 Å². The van der Waals surface area contributed by atoms with Crippen molar-refractivity contribution in [1.82, 2.24) is 4.90 Å². The Bertz CT molecular complexity index is 461. The normalized spacial score (nSPS) is 16.2. The average molecular weight is 314 g/mol. The molecule has 0 saturated carbocycles. The zero-order valence-electron chi connectivity index (χ0n) is 13.0. The Morgan fingerprint density at radius 3 is 2.57 bits per heavy atom. The van der Waals surface area contributed by atoms with E-state index in [-0.39, 0.29) is 0 Å². The van der Waals surface area contributed by atoms with Gasteiger partial charge >= 0.3 is 0 Å². The van der Waals surface area contributed by atoms with Crippen LogP contribution in [-0.2, 0) is 11.3 Å². The summed E-state index contributed by atoms with van der Waals surface area (Å²) in [6, 6.07) is 3.73. The quantitative estimate of drug-likeness (QED) is 0.807. The lowest BCUT2D eigenvalue weighted by Crippen LogP contribution is -2.29. The topological polar surface area (TPSA) is 30.9 Å². The highest BCUT2D eigenvalue weighted by Crippen LogP contribution is 2.35. The molecule has 0 bridgehead atoms. The summed E-state index contributed by atoms with van der Waals surface area (Å²) < 4.78 is 16.2. The molecule has 1 saturated heterocycles. The highest BCUT2D eigenvalue weighted by atomic mass is 35.5. The van der Waals surface area contributed by atoms with E-state index in [1.165, 1.54) is 0 Å². The fourth-order valence-corrected chi connectivity index (χ4v) is 3.08. The van der Waals surface area contributed by atoms with Crippen molar-refractivity contribution >= 4 is 11.6 Å². The van der Waals surface area contributed by atoms with Crippen molar-refractivity contribution in [3.63, 3.8) is 0 Å². The number of ether oxygens (including phenoxy) is 3. The monoisotopic (exact) mass is 313 g/mol. The smallest absolute Gasteiger partial charge is 0.165 e. The highest BCUT2D eigenvalue weighted by molar-refractivity contribution is 6.30. The van der Waals surface area contributed by atoms with Crippen molar-refractivity contribution in [2.75, 3.05) is 41.0 Å². The second-order valence-electron chi connectivity index (χ2n) is 5.55. The van der Waals surface area contributed by atoms with Crippen LogP contribution in [-0.4, -0.2) is 45.9 Å². The SMILES string of the molecule is COc1cc(Cl)cc(CN(C)CC2CCOCC2)c1OC. The van der Waals surface area contributed by atoms with E-state index in [1.54, 1.807) is 20.3 Å². The summed E-state index contributed by atoms with van der Waals surface area (Å²) in [5.74, 6) is 2.15. The summed E-state index contributed by atoms with van der Waals surface area (Å²) in [7, 11) is 5.42. The zero-order valence-corrected chi connectivity index (χ0v) is 13.8. The van der Waals surface area contributed by atoms with E-state index in [1.807, 2.05) is 6.07 Å². The number of benzene rings is 1. The van der Waals surface area contributed by atoms with Crippen LogP contribution in [0, 0.1) is 5.92 Å². The molecule has 0 spiro atoms. The Hall–Kier alpha value is -0.970. The summed E-state index contributed by atoms with van der Waals surface area (Å²) in [5, 5.41) is 0.669. The van der Waals surface area contributed by atoms with Gasteiger partial charge in [-0.1, -0.05) is 11.6 Å². The van der Waals surface area contributed by atoms with Crippen molar-refractivity contribution in [3.05, 3.63) is 22.7 Å². The molecule has 1 fully saturated rings. The van der Waals surface area contributed by atoms with Crippen LogP contribution >= 0.6 is 11.6 Å². The maximum atomic E-state index is 6.16. The van der Waals surface area contributed by atoms with Gasteiger partial charge in [-0.2, -0.15) is 0 Å². The molecular weight excluding hydrogens is 290 g/mol. The number of rotatable bonds is 6. The number of hydrogen-bond acceptors (Lipinski definition) is 4. The average Bonchev–Trinajstić information content (AvgIpc) is 2.47. The lowest BCUT2D eigenvalue weighted by molar-refractivity contribution is 0.0549. The summed E-state index contributed by atoms with van der Waals surface area (Å²) in [5.41, 5.74) is 1.05. The molecule has 1 aliphatic rings. The van der Waals surface area contributed by atoms with Crippen LogP contribution in [0.3, 0.4) is 0 Å². The molecule has 1 aliphatic heterocycles. The minimum atomic E-state index is 0.669. The van der Waals surface area contributed by atoms with Gasteiger partial charge in [-0.25, -0.2) is 0 Å². The van der Waals surface area contributed by atoms with Crippen LogP contribution in [0.1, 0.15) is 18.4 Å². The van der Waals surface area contributed by atoms with Gasteiger partial charge in [0.15, 0.2) is 11.5 Å². The van der Waals surface area contributed by atoms with Crippen LogP contribution in [0.15, 0.2) is 12.1 Å². The minimum Gasteiger partial charge on any atom is -0.493 e. The number of nitrogens with zero attached hydrogens (tertiary/aromatic N) is 1. The summed E-state index contributed by atoms with van der Waals surface area (Å²) in [6.07, 6.45) is 2.28. The molecule has 0 atom stereocenters. The number of hydrogen-bond donors (Lipinski definition) is 0. The van der Waals surface area contributed by atoms with E-state index in [0.29, 0.717) is 16.7 Å². The first kappa shape index (κ1) is 16.4. The lowest BCUT2D eigenvalue weighted by atomic mass is 9.99. The predicted octanol–water partition coefficient (Wildman–Crippen LogP) is 3.22. The predicted molar refractivity (Wildman–Crippen MR) is 84.4 cm³/mol. The summed E-state index contributed by atoms with van der Waals surface area (Å²) >= 11 is 6.16. The molecule has 0 aromatic heterocycles. The van der Waals surface area contributed by atoms with Gasteiger partial charge in [0.1, 0.15) is 0 Å². The molecule has 0 aliphatic carbocycles. The standard InChI is InChI=1S/C16H24ClNO3/c1-18(10-12-4-6-21-7-5-12)11-13-8-14(17)9-15(19-2)16(13)20-3/h8-9,12H,4-7,10-11H2,1-3H3. The maximum absolute atomic E-state index is 6.16. The van der Waals surface area contributed by atoms with E-state index in [4.69, 9.17) is 25.8 Å². The van der Waals surface area contributed by atoms with E-state index in [9.17, 15) is 0 Å². The van der Waals surface area contributed by atoms with Gasteiger partial charge in [-0.05, 0) is 31.9 Å². The first-order valence-corrected chi connectivity index (χ1v) is 7.68. The molecule has 0 amide bonds. The Balaban J connectivity index is 2.05. The van der Waals surface area contributed by atoms with E-state index in [2.05, 4.69) is 11.9 Å². The van der Waals surface area contributed by atoms with Crippen molar-refractivity contribution in [3.8, 4) is 11.5 Å². The van der Waals surface area contributed by atoms with Crippen LogP contribution in [0.2, 0.25) is 5.02 Å². The molecule has 4 nitrogen and oxygen atoms in total. The second-order valence-corrected chi connectivity index (χ2v) is 5.99. The van der Waals surface area contributed by atoms with Gasteiger partial charge in [0, 0.05) is 43.0 Å². The summed E-state index contributed by atoms with van der Waals surface area (Å²) in [6.45, 7) is 3.61. The van der Waals surface area contributed by atoms with Crippen molar-refractivity contribution in [2.45, 2.75) is 19.4 Å². The molecule has 2 rings (SSSR count). The Kier molecular flexibility index (Phi) is 6.15. The van der Waals surface area contributed by atoms with Gasteiger partial charge in [-0.3, -0.25) is 0 Å². The molecule has 1 aromatic rings. The Morgan fingerprint density at radius 1 is 1.24 bits per heavy atom. The molecular formula is C16H24ClNO3. The van der Waals surface area contributed by atoms with Crippen LogP contribution in [0.25, 0.3) is 0 Å². The summed E-state index contributed by atoms with van der Waals surface area (Å²) in [4.78, 5) is 2.31. The van der Waals surface area contributed by atoms with E-state index >= 15 is 0 Å². The molecule has 21 heavy (non-hydrogen) atoms. The first-order chi connectivity index (χ1) is 10.1. The van der Waals surface area contributed by atoms with Crippen molar-refractivity contribution in [2.24, 2.45) is 5.92 Å². The third-order valence-electron chi connectivity index (χ3n) is 3.87. The van der Waals surface area contributed by atoms with E-state index in [0.717, 1.165) is 50.5 Å². The van der Waals surface area contributed by atoms with Crippen LogP contribution in [0.4, 0.5) is 0 Å². The number of methoxy groups -OCH3 is 2. The lowest BCUT2D eigenvalue weighted by Gasteiger charge is -2.27. The second kappa shape index (κ2) is 7.87. The Labute approximate surface area is 131 Å². The Morgan fingerprint density at radius 2 is 1.95 bits per heavy atom. The molecule has 0 radical (unpaired) electrons.